The molecule has 1 aliphatic carbocycles. The number of aromatic nitrogens is 3. The molecule has 5 heteroatoms. The molecule has 2 aromatic heterocycles. The molecule has 118 valence electrons. The first-order valence-electron chi connectivity index (χ1n) is 8.41. The summed E-state index contributed by atoms with van der Waals surface area (Å²) in [5, 5.41) is 1.37. The molecule has 3 heterocycles. The van der Waals surface area contributed by atoms with Gasteiger partial charge in [-0.1, -0.05) is 0 Å². The number of nitrogens with zero attached hydrogens (tertiary/aromatic N) is 4. The minimum atomic E-state index is 0.741. The Morgan fingerprint density at radius 1 is 1.27 bits per heavy atom. The largest absolute Gasteiger partial charge is 0.338 e. The first-order valence-corrected chi connectivity index (χ1v) is 9.23. The molecule has 0 amide bonds. The van der Waals surface area contributed by atoms with Crippen LogP contribution in [0, 0.1) is 5.92 Å². The van der Waals surface area contributed by atoms with Gasteiger partial charge in [0.1, 0.15) is 5.82 Å². The van der Waals surface area contributed by atoms with Gasteiger partial charge in [-0.05, 0) is 38.1 Å². The minimum absolute atomic E-state index is 0.741. The summed E-state index contributed by atoms with van der Waals surface area (Å²) in [5.41, 5.74) is 0. The van der Waals surface area contributed by atoms with Crippen LogP contribution in [0.4, 0.5) is 0 Å². The molecule has 1 aliphatic heterocycles. The van der Waals surface area contributed by atoms with Gasteiger partial charge in [0.05, 0.1) is 5.01 Å². The summed E-state index contributed by atoms with van der Waals surface area (Å²) in [6.45, 7) is 3.51. The second-order valence-corrected chi connectivity index (χ2v) is 7.99. The van der Waals surface area contributed by atoms with Gasteiger partial charge in [-0.25, -0.2) is 9.97 Å². The molecule has 22 heavy (non-hydrogen) atoms. The number of thiazole rings is 1. The molecule has 2 fully saturated rings. The van der Waals surface area contributed by atoms with Crippen LogP contribution < -0.4 is 0 Å². The van der Waals surface area contributed by atoms with Crippen molar-refractivity contribution < 1.29 is 0 Å². The van der Waals surface area contributed by atoms with Crippen molar-refractivity contribution in [2.24, 2.45) is 13.0 Å². The highest BCUT2D eigenvalue weighted by atomic mass is 32.1. The Labute approximate surface area is 136 Å². The third-order valence-electron chi connectivity index (χ3n) is 4.87. The van der Waals surface area contributed by atoms with E-state index >= 15 is 0 Å². The summed E-state index contributed by atoms with van der Waals surface area (Å²) in [6.07, 6.45) is 12.5. The molecular formula is C17H24N4S. The zero-order valence-electron chi connectivity index (χ0n) is 13.2. The smallest absolute Gasteiger partial charge is 0.108 e. The lowest BCUT2D eigenvalue weighted by Gasteiger charge is -2.32. The van der Waals surface area contributed by atoms with Gasteiger partial charge in [0.15, 0.2) is 0 Å². The van der Waals surface area contributed by atoms with Gasteiger partial charge in [-0.3, -0.25) is 4.90 Å². The van der Waals surface area contributed by atoms with E-state index in [1.165, 1.54) is 54.5 Å². The van der Waals surface area contributed by atoms with Gasteiger partial charge in [0.25, 0.3) is 0 Å². The van der Waals surface area contributed by atoms with Gasteiger partial charge in [-0.15, -0.1) is 11.3 Å². The van der Waals surface area contributed by atoms with Crippen molar-refractivity contribution in [3.63, 3.8) is 0 Å². The molecule has 0 radical (unpaired) electrons. The number of piperidine rings is 1. The van der Waals surface area contributed by atoms with Crippen LogP contribution in [0.15, 0.2) is 18.6 Å². The average molecular weight is 316 g/mol. The van der Waals surface area contributed by atoms with Gasteiger partial charge >= 0.3 is 0 Å². The number of hydrogen-bond acceptors (Lipinski definition) is 4. The molecule has 4 nitrogen and oxygen atoms in total. The van der Waals surface area contributed by atoms with Gasteiger partial charge < -0.3 is 4.57 Å². The summed E-state index contributed by atoms with van der Waals surface area (Å²) in [4.78, 5) is 13.2. The first kappa shape index (κ1) is 14.4. The van der Waals surface area contributed by atoms with Crippen LogP contribution in [0.25, 0.3) is 0 Å². The standard InChI is InChI=1S/C17H24N4S/c1-20-8-6-18-16(20)9-13-3-2-7-21(11-13)12-15-10-19-17(22-15)14-4-5-14/h6,8,10,13-14H,2-5,7,9,11-12H2,1H3/t13-/m1/s1. The maximum Gasteiger partial charge on any atom is 0.108 e. The molecule has 1 saturated heterocycles. The average Bonchev–Trinajstić information content (AvgIpc) is 3.14. The topological polar surface area (TPSA) is 34.0 Å². The SMILES string of the molecule is Cn1ccnc1C[C@H]1CCCN(Cc2cnc(C3CC3)s2)C1. The second-order valence-electron chi connectivity index (χ2n) is 6.84. The van der Waals surface area contributed by atoms with E-state index in [-0.39, 0.29) is 0 Å². The lowest BCUT2D eigenvalue weighted by molar-refractivity contribution is 0.166. The van der Waals surface area contributed by atoms with Crippen LogP contribution in [-0.4, -0.2) is 32.5 Å². The van der Waals surface area contributed by atoms with Crippen LogP contribution in [0.5, 0.6) is 0 Å². The van der Waals surface area contributed by atoms with Crippen molar-refractivity contribution >= 4 is 11.3 Å². The zero-order chi connectivity index (χ0) is 14.9. The minimum Gasteiger partial charge on any atom is -0.338 e. The Balaban J connectivity index is 1.34. The molecule has 0 unspecified atom stereocenters. The Hall–Kier alpha value is -1.20. The van der Waals surface area contributed by atoms with Crippen LogP contribution >= 0.6 is 11.3 Å². The predicted molar refractivity (Wildman–Crippen MR) is 89.0 cm³/mol. The lowest BCUT2D eigenvalue weighted by atomic mass is 9.94. The molecule has 2 aliphatic rings. The lowest BCUT2D eigenvalue weighted by Crippen LogP contribution is -2.35. The van der Waals surface area contributed by atoms with E-state index in [0.717, 1.165) is 24.8 Å². The van der Waals surface area contributed by atoms with E-state index in [1.807, 2.05) is 23.7 Å². The Morgan fingerprint density at radius 2 is 2.18 bits per heavy atom. The quantitative estimate of drug-likeness (QED) is 0.849. The predicted octanol–water partition coefficient (Wildman–Crippen LogP) is 3.21. The maximum atomic E-state index is 4.61. The van der Waals surface area contributed by atoms with Crippen molar-refractivity contribution in [1.29, 1.82) is 0 Å². The molecule has 0 spiro atoms. The van der Waals surface area contributed by atoms with E-state index in [0.29, 0.717) is 0 Å². The van der Waals surface area contributed by atoms with Crippen molar-refractivity contribution in [2.45, 2.75) is 44.6 Å². The molecule has 2 aromatic rings. The molecule has 1 saturated carbocycles. The highest BCUT2D eigenvalue weighted by Gasteiger charge is 2.27. The monoisotopic (exact) mass is 316 g/mol. The maximum absolute atomic E-state index is 4.61. The van der Waals surface area contributed by atoms with Crippen molar-refractivity contribution in [1.82, 2.24) is 19.4 Å². The number of rotatable bonds is 5. The number of likely N-dealkylation sites (tertiary alicyclic amines) is 1. The van der Waals surface area contributed by atoms with E-state index < -0.39 is 0 Å². The molecule has 4 rings (SSSR count). The third-order valence-corrected chi connectivity index (χ3v) is 6.02. The van der Waals surface area contributed by atoms with Gasteiger partial charge in [-0.2, -0.15) is 0 Å². The summed E-state index contributed by atoms with van der Waals surface area (Å²) in [7, 11) is 2.10. The summed E-state index contributed by atoms with van der Waals surface area (Å²) >= 11 is 1.94. The Bertz CT molecular complexity index is 628. The molecule has 0 N–H and O–H groups in total. The highest BCUT2D eigenvalue weighted by Crippen LogP contribution is 2.42. The van der Waals surface area contributed by atoms with E-state index in [1.54, 1.807) is 0 Å². The second kappa shape index (κ2) is 6.13. The third kappa shape index (κ3) is 3.25. The van der Waals surface area contributed by atoms with Crippen molar-refractivity contribution in [3.05, 3.63) is 34.3 Å². The van der Waals surface area contributed by atoms with Crippen LogP contribution in [0.3, 0.4) is 0 Å². The fraction of sp³-hybridized carbons (Fsp3) is 0.647. The summed E-state index contributed by atoms with van der Waals surface area (Å²) in [6, 6.07) is 0. The number of aryl methyl sites for hydroxylation is 1. The normalized spacial score (nSPS) is 23.0. The molecule has 0 aromatic carbocycles. The molecule has 1 atom stereocenters. The molecular weight excluding hydrogens is 292 g/mol. The van der Waals surface area contributed by atoms with E-state index in [4.69, 9.17) is 0 Å². The van der Waals surface area contributed by atoms with E-state index in [2.05, 4.69) is 32.7 Å². The van der Waals surface area contributed by atoms with E-state index in [9.17, 15) is 0 Å². The highest BCUT2D eigenvalue weighted by molar-refractivity contribution is 7.11. The van der Waals surface area contributed by atoms with Crippen LogP contribution in [-0.2, 0) is 20.0 Å². The van der Waals surface area contributed by atoms with Crippen molar-refractivity contribution in [2.75, 3.05) is 13.1 Å². The van der Waals surface area contributed by atoms with Crippen LogP contribution in [0.1, 0.15) is 47.3 Å². The van der Waals surface area contributed by atoms with Gasteiger partial charge in [0, 0.05) is 55.9 Å². The Morgan fingerprint density at radius 3 is 2.95 bits per heavy atom. The summed E-state index contributed by atoms with van der Waals surface area (Å²) in [5.74, 6) is 2.75. The summed E-state index contributed by atoms with van der Waals surface area (Å²) < 4.78 is 2.16. The Kier molecular flexibility index (Phi) is 4.01. The van der Waals surface area contributed by atoms with Gasteiger partial charge in [0.2, 0.25) is 0 Å². The van der Waals surface area contributed by atoms with Crippen molar-refractivity contribution in [3.8, 4) is 0 Å². The number of imidazole rings is 1. The number of hydrogen-bond donors (Lipinski definition) is 0. The zero-order valence-corrected chi connectivity index (χ0v) is 14.1. The fourth-order valence-electron chi connectivity index (χ4n) is 3.45. The first-order chi connectivity index (χ1) is 10.8. The van der Waals surface area contributed by atoms with Crippen LogP contribution in [0.2, 0.25) is 0 Å². The molecule has 0 bridgehead atoms. The fourth-order valence-corrected chi connectivity index (χ4v) is 4.58.